The van der Waals surface area contributed by atoms with E-state index >= 15 is 0 Å². The van der Waals surface area contributed by atoms with Gasteiger partial charge in [0.25, 0.3) is 5.91 Å². The van der Waals surface area contributed by atoms with Crippen molar-refractivity contribution in [3.05, 3.63) is 58.6 Å². The number of hydrogen-bond acceptors (Lipinski definition) is 5. The van der Waals surface area contributed by atoms with Crippen molar-refractivity contribution < 1.29 is 18.7 Å². The van der Waals surface area contributed by atoms with Crippen LogP contribution in [0.5, 0.6) is 0 Å². The maximum Gasteiger partial charge on any atom is 0.329 e. The predicted octanol–water partition coefficient (Wildman–Crippen LogP) is 3.68. The van der Waals surface area contributed by atoms with Crippen molar-refractivity contribution in [2.45, 2.75) is 26.3 Å². The Morgan fingerprint density at radius 2 is 2.00 bits per heavy atom. The molecule has 146 valence electrons. The predicted molar refractivity (Wildman–Crippen MR) is 106 cm³/mol. The number of thiazole rings is 1. The number of benzene rings is 2. The summed E-state index contributed by atoms with van der Waals surface area (Å²) in [5, 5.41) is 0. The number of amides is 1. The van der Waals surface area contributed by atoms with Gasteiger partial charge in [0.1, 0.15) is 11.9 Å². The number of nitrogens with zero attached hydrogens (tertiary/aromatic N) is 2. The van der Waals surface area contributed by atoms with Crippen molar-refractivity contribution in [1.82, 2.24) is 4.57 Å². The van der Waals surface area contributed by atoms with Crippen molar-refractivity contribution >= 4 is 39.1 Å². The van der Waals surface area contributed by atoms with Crippen LogP contribution >= 0.6 is 11.3 Å². The lowest BCUT2D eigenvalue weighted by atomic mass is 10.1. The summed E-state index contributed by atoms with van der Waals surface area (Å²) in [5.74, 6) is -1.51. The minimum absolute atomic E-state index is 0.0128. The minimum Gasteiger partial charge on any atom is -0.464 e. The fraction of sp³-hybridized carbons (Fsp3) is 0.250. The molecule has 0 saturated carbocycles. The Balaban J connectivity index is 2.18. The molecule has 2 N–H and O–H groups in total. The number of esters is 1. The summed E-state index contributed by atoms with van der Waals surface area (Å²) in [7, 11) is 0. The Bertz CT molecular complexity index is 1100. The highest BCUT2D eigenvalue weighted by molar-refractivity contribution is 7.16. The van der Waals surface area contributed by atoms with Gasteiger partial charge in [-0.15, -0.1) is 0 Å². The van der Waals surface area contributed by atoms with Crippen LogP contribution in [0.15, 0.2) is 47.5 Å². The average Bonchev–Trinajstić information content (AvgIpc) is 3.00. The smallest absolute Gasteiger partial charge is 0.329 e. The first kappa shape index (κ1) is 19.8. The molecule has 3 rings (SSSR count). The first-order chi connectivity index (χ1) is 13.5. The number of nitrogens with two attached hydrogens (primary N) is 1. The lowest BCUT2D eigenvalue weighted by Crippen LogP contribution is -2.29. The first-order valence-electron chi connectivity index (χ1n) is 8.87. The summed E-state index contributed by atoms with van der Waals surface area (Å²) in [6, 6.07) is 10.4. The molecule has 0 aliphatic rings. The molecule has 1 unspecified atom stereocenters. The van der Waals surface area contributed by atoms with Crippen molar-refractivity contribution in [2.75, 3.05) is 12.3 Å². The van der Waals surface area contributed by atoms with Crippen molar-refractivity contribution in [1.29, 1.82) is 0 Å². The molecule has 2 aromatic carbocycles. The van der Waals surface area contributed by atoms with Crippen LogP contribution in [-0.2, 0) is 9.53 Å². The third kappa shape index (κ3) is 3.82. The molecular formula is C20H20FN3O3S. The van der Waals surface area contributed by atoms with Gasteiger partial charge in [-0.25, -0.2) is 9.18 Å². The van der Waals surface area contributed by atoms with Gasteiger partial charge in [0.15, 0.2) is 4.80 Å². The highest BCUT2D eigenvalue weighted by atomic mass is 32.1. The Morgan fingerprint density at radius 1 is 1.25 bits per heavy atom. The zero-order chi connectivity index (χ0) is 20.3. The van der Waals surface area contributed by atoms with E-state index in [-0.39, 0.29) is 23.8 Å². The molecule has 0 spiro atoms. The molecule has 1 amide bonds. The number of nitrogen functional groups attached to an aromatic ring is 1. The number of carbonyl (C=O) groups excluding carboxylic acids is 2. The number of aromatic nitrogens is 1. The zero-order valence-electron chi connectivity index (χ0n) is 15.5. The number of anilines is 1. The van der Waals surface area contributed by atoms with E-state index in [1.165, 1.54) is 17.4 Å². The summed E-state index contributed by atoms with van der Waals surface area (Å²) in [6.07, 6.45) is 0.472. The second-order valence-electron chi connectivity index (χ2n) is 6.05. The molecule has 1 heterocycles. The molecule has 28 heavy (non-hydrogen) atoms. The molecule has 8 heteroatoms. The second-order valence-corrected chi connectivity index (χ2v) is 7.06. The molecule has 0 bridgehead atoms. The zero-order valence-corrected chi connectivity index (χ0v) is 16.3. The molecule has 1 aromatic heterocycles. The van der Waals surface area contributed by atoms with Crippen LogP contribution in [0.25, 0.3) is 10.2 Å². The normalized spacial score (nSPS) is 12.9. The third-order valence-corrected chi connectivity index (χ3v) is 5.27. The Morgan fingerprint density at radius 3 is 2.68 bits per heavy atom. The fourth-order valence-electron chi connectivity index (χ4n) is 2.94. The van der Waals surface area contributed by atoms with E-state index < -0.39 is 17.8 Å². The van der Waals surface area contributed by atoms with Gasteiger partial charge in [0.2, 0.25) is 0 Å². The van der Waals surface area contributed by atoms with E-state index in [1.54, 1.807) is 11.5 Å². The van der Waals surface area contributed by atoms with E-state index in [2.05, 4.69) is 4.99 Å². The van der Waals surface area contributed by atoms with E-state index in [1.807, 2.05) is 31.2 Å². The Hall–Kier alpha value is -3.00. The third-order valence-electron chi connectivity index (χ3n) is 4.23. The molecule has 0 radical (unpaired) electrons. The molecule has 0 aliphatic heterocycles. The summed E-state index contributed by atoms with van der Waals surface area (Å²) in [6.45, 7) is 3.87. The molecule has 0 saturated heterocycles. The molecule has 3 aromatic rings. The summed E-state index contributed by atoms with van der Waals surface area (Å²) < 4.78 is 21.1. The van der Waals surface area contributed by atoms with Gasteiger partial charge in [0, 0.05) is 5.69 Å². The maximum absolute atomic E-state index is 13.3. The van der Waals surface area contributed by atoms with Crippen LogP contribution in [0.3, 0.4) is 0 Å². The van der Waals surface area contributed by atoms with Crippen LogP contribution in [0.1, 0.15) is 36.7 Å². The number of ether oxygens (including phenoxy) is 1. The second kappa shape index (κ2) is 8.35. The SMILES string of the molecule is CCOC(=O)C(CC)n1/c(=N/C(=O)c2ccc(F)cc2N)sc2ccccc21. The van der Waals surface area contributed by atoms with Crippen LogP contribution in [0.2, 0.25) is 0 Å². The van der Waals surface area contributed by atoms with Crippen LogP contribution < -0.4 is 10.5 Å². The molecule has 0 aliphatic carbocycles. The van der Waals surface area contributed by atoms with Crippen molar-refractivity contribution in [2.24, 2.45) is 4.99 Å². The summed E-state index contributed by atoms with van der Waals surface area (Å²) >= 11 is 1.29. The van der Waals surface area contributed by atoms with Crippen molar-refractivity contribution in [3.63, 3.8) is 0 Å². The number of rotatable bonds is 5. The largest absolute Gasteiger partial charge is 0.464 e. The Kier molecular flexibility index (Phi) is 5.89. The van der Waals surface area contributed by atoms with Gasteiger partial charge in [-0.05, 0) is 43.7 Å². The van der Waals surface area contributed by atoms with Crippen molar-refractivity contribution in [3.8, 4) is 0 Å². The van der Waals surface area contributed by atoms with Gasteiger partial charge >= 0.3 is 5.97 Å². The quantitative estimate of drug-likeness (QED) is 0.522. The minimum atomic E-state index is -0.617. The molecular weight excluding hydrogens is 381 g/mol. The van der Waals surface area contributed by atoms with Gasteiger partial charge in [-0.3, -0.25) is 4.79 Å². The number of fused-ring (bicyclic) bond motifs is 1. The lowest BCUT2D eigenvalue weighted by molar-refractivity contribution is -0.147. The number of halogens is 1. The monoisotopic (exact) mass is 401 g/mol. The van der Waals surface area contributed by atoms with E-state index in [0.29, 0.717) is 11.2 Å². The standard InChI is InChI=1S/C20H20FN3O3S/c1-3-15(19(26)27-4-2)24-16-7-5-6-8-17(16)28-20(24)23-18(25)13-10-9-12(21)11-14(13)22/h5-11,15H,3-4,22H2,1-2H3/b23-20-. The average molecular weight is 401 g/mol. The lowest BCUT2D eigenvalue weighted by Gasteiger charge is -2.16. The van der Waals surface area contributed by atoms with Crippen LogP contribution in [0, 0.1) is 5.82 Å². The van der Waals surface area contributed by atoms with E-state index in [0.717, 1.165) is 22.3 Å². The summed E-state index contributed by atoms with van der Waals surface area (Å²) in [4.78, 5) is 29.7. The molecule has 1 atom stereocenters. The molecule has 6 nitrogen and oxygen atoms in total. The highest BCUT2D eigenvalue weighted by Crippen LogP contribution is 2.23. The molecule has 0 fully saturated rings. The van der Waals surface area contributed by atoms with E-state index in [4.69, 9.17) is 10.5 Å². The van der Waals surface area contributed by atoms with Gasteiger partial charge < -0.3 is 15.0 Å². The van der Waals surface area contributed by atoms with Gasteiger partial charge in [-0.2, -0.15) is 4.99 Å². The number of carbonyl (C=O) groups is 2. The fourth-order valence-corrected chi connectivity index (χ4v) is 4.01. The topological polar surface area (TPSA) is 86.7 Å². The Labute approximate surface area is 165 Å². The van der Waals surface area contributed by atoms with Gasteiger partial charge in [0.05, 0.1) is 22.4 Å². The maximum atomic E-state index is 13.3. The first-order valence-corrected chi connectivity index (χ1v) is 9.68. The number of hydrogen-bond donors (Lipinski definition) is 1. The summed E-state index contributed by atoms with van der Waals surface area (Å²) in [5.41, 5.74) is 6.67. The van der Waals surface area contributed by atoms with Gasteiger partial charge in [-0.1, -0.05) is 30.4 Å². The number of para-hydroxylation sites is 1. The van der Waals surface area contributed by atoms with Crippen LogP contribution in [0.4, 0.5) is 10.1 Å². The van der Waals surface area contributed by atoms with Crippen LogP contribution in [-0.4, -0.2) is 23.1 Å². The highest BCUT2D eigenvalue weighted by Gasteiger charge is 2.24. The van der Waals surface area contributed by atoms with E-state index in [9.17, 15) is 14.0 Å².